The molecule has 0 bridgehead atoms. The van der Waals surface area contributed by atoms with Gasteiger partial charge < -0.3 is 9.67 Å². The van der Waals surface area contributed by atoms with Gasteiger partial charge in [0.1, 0.15) is 0 Å². The smallest absolute Gasteiger partial charge is 0.336 e. The first-order chi connectivity index (χ1) is 15.1. The number of aryl methyl sites for hydroxylation is 1. The van der Waals surface area contributed by atoms with Gasteiger partial charge in [0.15, 0.2) is 5.43 Å². The Hall–Kier alpha value is -3.14. The second kappa shape index (κ2) is 9.34. The number of nitrogens with zero attached hydrogens (tertiary/aromatic N) is 1. The number of unbranched alkanes of at least 4 members (excludes halogenated alkanes) is 1. The molecule has 0 saturated carbocycles. The van der Waals surface area contributed by atoms with Crippen LogP contribution in [0.3, 0.4) is 0 Å². The highest BCUT2D eigenvalue weighted by Crippen LogP contribution is 2.25. The van der Waals surface area contributed by atoms with E-state index in [0.717, 1.165) is 79.3 Å². The standard InChI is InChI=1S/C27H29NO3/c1-2-3-8-21-18-28(25-12-7-6-11-24(25)26(21)29)17-19-13-15-20(16-14-19)22-9-4-5-10-23(22)27(30)31/h4-5,9-10,13-16,18H,2-3,6-8,11-12,17H2,1H3,(H,30,31). The minimum absolute atomic E-state index is 0.264. The van der Waals surface area contributed by atoms with E-state index in [4.69, 9.17) is 0 Å². The Bertz CT molecular complexity index is 1140. The molecule has 31 heavy (non-hydrogen) atoms. The Morgan fingerprint density at radius 3 is 2.52 bits per heavy atom. The minimum atomic E-state index is -0.917. The summed E-state index contributed by atoms with van der Waals surface area (Å²) in [5.41, 5.74) is 6.49. The topological polar surface area (TPSA) is 59.3 Å². The molecule has 0 radical (unpaired) electrons. The summed E-state index contributed by atoms with van der Waals surface area (Å²) in [5.74, 6) is -0.917. The highest BCUT2D eigenvalue weighted by Gasteiger charge is 2.19. The van der Waals surface area contributed by atoms with Crippen molar-refractivity contribution in [2.24, 2.45) is 0 Å². The van der Waals surface area contributed by atoms with E-state index in [0.29, 0.717) is 5.56 Å². The summed E-state index contributed by atoms with van der Waals surface area (Å²) in [7, 11) is 0. The Kier molecular flexibility index (Phi) is 6.36. The number of carboxylic acids is 1. The molecule has 1 aromatic heterocycles. The van der Waals surface area contributed by atoms with E-state index >= 15 is 0 Å². The van der Waals surface area contributed by atoms with Gasteiger partial charge in [-0.15, -0.1) is 0 Å². The number of benzene rings is 2. The number of carboxylic acid groups (broad SMARTS) is 1. The predicted octanol–water partition coefficient (Wildman–Crippen LogP) is 5.48. The number of pyridine rings is 1. The molecule has 0 fully saturated rings. The van der Waals surface area contributed by atoms with Gasteiger partial charge in [0.2, 0.25) is 0 Å². The van der Waals surface area contributed by atoms with Crippen molar-refractivity contribution in [1.82, 2.24) is 4.57 Å². The molecule has 0 amide bonds. The molecule has 0 spiro atoms. The van der Waals surface area contributed by atoms with Crippen LogP contribution >= 0.6 is 0 Å². The quantitative estimate of drug-likeness (QED) is 0.556. The molecule has 0 unspecified atom stereocenters. The normalized spacial score (nSPS) is 13.1. The molecule has 0 aliphatic heterocycles. The van der Waals surface area contributed by atoms with Crippen LogP contribution in [0.15, 0.2) is 59.5 Å². The average Bonchev–Trinajstić information content (AvgIpc) is 2.80. The molecule has 1 aliphatic rings. The van der Waals surface area contributed by atoms with Crippen LogP contribution in [0.1, 0.15) is 65.3 Å². The van der Waals surface area contributed by atoms with Gasteiger partial charge in [0.05, 0.1) is 5.56 Å². The van der Waals surface area contributed by atoms with Crippen LogP contribution in [0.5, 0.6) is 0 Å². The monoisotopic (exact) mass is 415 g/mol. The molecule has 160 valence electrons. The zero-order chi connectivity index (χ0) is 21.8. The van der Waals surface area contributed by atoms with Crippen molar-refractivity contribution in [3.05, 3.63) is 92.9 Å². The number of rotatable bonds is 7. The number of carbonyl (C=O) groups is 1. The van der Waals surface area contributed by atoms with Crippen LogP contribution in [0.2, 0.25) is 0 Å². The fraction of sp³-hybridized carbons (Fsp3) is 0.333. The first-order valence-electron chi connectivity index (χ1n) is 11.2. The lowest BCUT2D eigenvalue weighted by Crippen LogP contribution is -2.26. The maximum Gasteiger partial charge on any atom is 0.336 e. The largest absolute Gasteiger partial charge is 0.478 e. The molecular weight excluding hydrogens is 386 g/mol. The van der Waals surface area contributed by atoms with E-state index in [1.165, 1.54) is 5.69 Å². The molecular formula is C27H29NO3. The molecule has 4 rings (SSSR count). The Morgan fingerprint density at radius 2 is 1.77 bits per heavy atom. The maximum atomic E-state index is 13.0. The van der Waals surface area contributed by atoms with Crippen molar-refractivity contribution < 1.29 is 9.90 Å². The van der Waals surface area contributed by atoms with Gasteiger partial charge in [-0.3, -0.25) is 4.79 Å². The van der Waals surface area contributed by atoms with E-state index in [-0.39, 0.29) is 5.43 Å². The summed E-state index contributed by atoms with van der Waals surface area (Å²) >= 11 is 0. The molecule has 2 aromatic carbocycles. The van der Waals surface area contributed by atoms with Gasteiger partial charge in [-0.25, -0.2) is 4.79 Å². The van der Waals surface area contributed by atoms with Gasteiger partial charge in [0.25, 0.3) is 0 Å². The summed E-state index contributed by atoms with van der Waals surface area (Å²) in [4.78, 5) is 24.5. The molecule has 4 nitrogen and oxygen atoms in total. The van der Waals surface area contributed by atoms with Crippen LogP contribution in [0.4, 0.5) is 0 Å². The molecule has 1 heterocycles. The van der Waals surface area contributed by atoms with Crippen molar-refractivity contribution >= 4 is 5.97 Å². The summed E-state index contributed by atoms with van der Waals surface area (Å²) in [6.07, 6.45) is 9.11. The van der Waals surface area contributed by atoms with E-state index < -0.39 is 5.97 Å². The number of hydrogen-bond acceptors (Lipinski definition) is 2. The molecule has 0 atom stereocenters. The van der Waals surface area contributed by atoms with Gasteiger partial charge in [0, 0.05) is 29.6 Å². The highest BCUT2D eigenvalue weighted by molar-refractivity contribution is 5.95. The lowest BCUT2D eigenvalue weighted by atomic mass is 9.92. The SMILES string of the molecule is CCCCc1cn(Cc2ccc(-c3ccccc3C(=O)O)cc2)c2c(c1=O)CCCC2. The summed E-state index contributed by atoms with van der Waals surface area (Å²) < 4.78 is 2.28. The number of aromatic nitrogens is 1. The van der Waals surface area contributed by atoms with Crippen molar-refractivity contribution in [1.29, 1.82) is 0 Å². The Balaban J connectivity index is 1.65. The third-order valence-corrected chi connectivity index (χ3v) is 6.24. The predicted molar refractivity (Wildman–Crippen MR) is 124 cm³/mol. The summed E-state index contributed by atoms with van der Waals surface area (Å²) in [6, 6.07) is 15.2. The van der Waals surface area contributed by atoms with Crippen LogP contribution in [-0.2, 0) is 25.8 Å². The van der Waals surface area contributed by atoms with Crippen LogP contribution in [0, 0.1) is 0 Å². The lowest BCUT2D eigenvalue weighted by Gasteiger charge is -2.23. The fourth-order valence-electron chi connectivity index (χ4n) is 4.56. The number of aromatic carboxylic acids is 1. The molecule has 0 saturated heterocycles. The second-order valence-corrected chi connectivity index (χ2v) is 8.39. The summed E-state index contributed by atoms with van der Waals surface area (Å²) in [5, 5.41) is 9.47. The highest BCUT2D eigenvalue weighted by atomic mass is 16.4. The number of fused-ring (bicyclic) bond motifs is 1. The van der Waals surface area contributed by atoms with E-state index in [1.807, 2.05) is 24.3 Å². The van der Waals surface area contributed by atoms with Crippen LogP contribution in [-0.4, -0.2) is 15.6 Å². The minimum Gasteiger partial charge on any atom is -0.478 e. The fourth-order valence-corrected chi connectivity index (χ4v) is 4.56. The first kappa shape index (κ1) is 21.1. The van der Waals surface area contributed by atoms with Crippen molar-refractivity contribution in [3.8, 4) is 11.1 Å². The van der Waals surface area contributed by atoms with Gasteiger partial charge in [-0.05, 0) is 61.3 Å². The zero-order valence-corrected chi connectivity index (χ0v) is 18.1. The third kappa shape index (κ3) is 4.48. The van der Waals surface area contributed by atoms with E-state index in [2.05, 4.69) is 29.8 Å². The first-order valence-corrected chi connectivity index (χ1v) is 11.2. The van der Waals surface area contributed by atoms with Crippen molar-refractivity contribution in [2.45, 2.75) is 58.4 Å². The third-order valence-electron chi connectivity index (χ3n) is 6.24. The molecule has 4 heteroatoms. The lowest BCUT2D eigenvalue weighted by molar-refractivity contribution is 0.0697. The average molecular weight is 416 g/mol. The van der Waals surface area contributed by atoms with Crippen LogP contribution in [0.25, 0.3) is 11.1 Å². The summed E-state index contributed by atoms with van der Waals surface area (Å²) in [6.45, 7) is 2.88. The molecule has 1 N–H and O–H groups in total. The number of hydrogen-bond donors (Lipinski definition) is 1. The van der Waals surface area contributed by atoms with Crippen molar-refractivity contribution in [2.75, 3.05) is 0 Å². The van der Waals surface area contributed by atoms with E-state index in [9.17, 15) is 14.7 Å². The van der Waals surface area contributed by atoms with Crippen LogP contribution < -0.4 is 5.43 Å². The van der Waals surface area contributed by atoms with E-state index in [1.54, 1.807) is 12.1 Å². The second-order valence-electron chi connectivity index (χ2n) is 8.39. The molecule has 3 aromatic rings. The maximum absolute atomic E-state index is 13.0. The zero-order valence-electron chi connectivity index (χ0n) is 18.1. The Morgan fingerprint density at radius 1 is 1.03 bits per heavy atom. The molecule has 1 aliphatic carbocycles. The van der Waals surface area contributed by atoms with Gasteiger partial charge in [-0.1, -0.05) is 55.8 Å². The van der Waals surface area contributed by atoms with Gasteiger partial charge >= 0.3 is 5.97 Å². The van der Waals surface area contributed by atoms with Crippen molar-refractivity contribution in [3.63, 3.8) is 0 Å². The van der Waals surface area contributed by atoms with Gasteiger partial charge in [-0.2, -0.15) is 0 Å². The Labute approximate surface area is 183 Å².